The molecular formula is C15H16N2O2S. The molecule has 1 unspecified atom stereocenters. The summed E-state index contributed by atoms with van der Waals surface area (Å²) >= 11 is 0. The Morgan fingerprint density at radius 3 is 2.15 bits per heavy atom. The number of nitrogens with one attached hydrogen (secondary N) is 1. The van der Waals surface area contributed by atoms with Gasteiger partial charge in [-0.3, -0.25) is 0 Å². The van der Waals surface area contributed by atoms with Crippen molar-refractivity contribution < 1.29 is 8.42 Å². The minimum atomic E-state index is -3.59. The largest absolute Gasteiger partial charge is 0.276 e. The molecule has 1 N–H and O–H groups in total. The number of nitrogens with zero attached hydrogens (tertiary/aromatic N) is 1. The molecule has 0 aliphatic carbocycles. The van der Waals surface area contributed by atoms with Crippen molar-refractivity contribution in [2.24, 2.45) is 5.10 Å². The molecule has 20 heavy (non-hydrogen) atoms. The van der Waals surface area contributed by atoms with Crippen LogP contribution in [0, 0.1) is 0 Å². The summed E-state index contributed by atoms with van der Waals surface area (Å²) in [5.41, 5.74) is 1.08. The fraction of sp³-hybridized carbons (Fsp3) is 0.133. The number of rotatable bonds is 5. The van der Waals surface area contributed by atoms with Gasteiger partial charge in [0.25, 0.3) is 10.0 Å². The summed E-state index contributed by atoms with van der Waals surface area (Å²) in [7, 11) is -3.59. The Morgan fingerprint density at radius 2 is 1.55 bits per heavy atom. The van der Waals surface area contributed by atoms with Crippen LogP contribution in [0.25, 0.3) is 0 Å². The molecule has 2 aromatic rings. The topological polar surface area (TPSA) is 58.5 Å². The van der Waals surface area contributed by atoms with Crippen molar-refractivity contribution >= 4 is 16.2 Å². The molecule has 0 aromatic heterocycles. The summed E-state index contributed by atoms with van der Waals surface area (Å²) in [4.78, 5) is 2.42. The molecule has 0 spiro atoms. The van der Waals surface area contributed by atoms with Crippen LogP contribution in [-0.2, 0) is 10.0 Å². The lowest BCUT2D eigenvalue weighted by molar-refractivity contribution is 0.584. The van der Waals surface area contributed by atoms with Gasteiger partial charge in [-0.05, 0) is 17.7 Å². The maximum Gasteiger partial charge on any atom is 0.276 e. The first-order chi connectivity index (χ1) is 9.59. The third-order valence-electron chi connectivity index (χ3n) is 2.85. The van der Waals surface area contributed by atoms with E-state index in [1.54, 1.807) is 24.4 Å². The highest BCUT2D eigenvalue weighted by Crippen LogP contribution is 2.12. The van der Waals surface area contributed by atoms with Crippen molar-refractivity contribution in [2.45, 2.75) is 17.7 Å². The van der Waals surface area contributed by atoms with E-state index in [4.69, 9.17) is 0 Å². The Kier molecular flexibility index (Phi) is 4.53. The Bertz CT molecular complexity index is 668. The lowest BCUT2D eigenvalue weighted by Gasteiger charge is -2.06. The van der Waals surface area contributed by atoms with E-state index in [0.717, 1.165) is 5.56 Å². The lowest BCUT2D eigenvalue weighted by Crippen LogP contribution is -2.18. The van der Waals surface area contributed by atoms with Gasteiger partial charge in [0.1, 0.15) is 0 Å². The fourth-order valence-electron chi connectivity index (χ4n) is 1.71. The van der Waals surface area contributed by atoms with Crippen molar-refractivity contribution in [3.8, 4) is 0 Å². The van der Waals surface area contributed by atoms with E-state index >= 15 is 0 Å². The second-order valence-electron chi connectivity index (χ2n) is 4.39. The molecule has 104 valence electrons. The molecule has 0 fully saturated rings. The first kappa shape index (κ1) is 14.3. The number of sulfonamides is 1. The van der Waals surface area contributed by atoms with Crippen LogP contribution in [0.4, 0.5) is 0 Å². The number of hydrogen-bond donors (Lipinski definition) is 1. The van der Waals surface area contributed by atoms with E-state index in [2.05, 4.69) is 9.93 Å². The van der Waals surface area contributed by atoms with Gasteiger partial charge in [-0.2, -0.15) is 13.5 Å². The molecule has 2 rings (SSSR count). The SMILES string of the molecule is CC(/C=N/NS(=O)(=O)c1ccccc1)c1ccccc1. The normalized spacial score (nSPS) is 13.2. The summed E-state index contributed by atoms with van der Waals surface area (Å²) in [6.45, 7) is 1.95. The molecular weight excluding hydrogens is 272 g/mol. The Balaban J connectivity index is 2.03. The minimum Gasteiger partial charge on any atom is -0.200 e. The van der Waals surface area contributed by atoms with Crippen molar-refractivity contribution in [3.05, 3.63) is 66.2 Å². The molecule has 0 heterocycles. The Labute approximate surface area is 119 Å². The Morgan fingerprint density at radius 1 is 1.00 bits per heavy atom. The molecule has 0 radical (unpaired) electrons. The van der Waals surface area contributed by atoms with Gasteiger partial charge in [0.2, 0.25) is 0 Å². The van der Waals surface area contributed by atoms with Crippen LogP contribution in [0.3, 0.4) is 0 Å². The molecule has 0 amide bonds. The first-order valence-electron chi connectivity index (χ1n) is 6.24. The van der Waals surface area contributed by atoms with Gasteiger partial charge in [-0.25, -0.2) is 4.83 Å². The zero-order valence-electron chi connectivity index (χ0n) is 11.1. The van der Waals surface area contributed by atoms with Gasteiger partial charge >= 0.3 is 0 Å². The van der Waals surface area contributed by atoms with Crippen LogP contribution in [0.5, 0.6) is 0 Å². The molecule has 1 atom stereocenters. The molecule has 0 saturated carbocycles. The first-order valence-corrected chi connectivity index (χ1v) is 7.73. The smallest absolute Gasteiger partial charge is 0.200 e. The van der Waals surface area contributed by atoms with Crippen molar-refractivity contribution in [1.82, 2.24) is 4.83 Å². The molecule has 0 aliphatic rings. The van der Waals surface area contributed by atoms with E-state index < -0.39 is 10.0 Å². The van der Waals surface area contributed by atoms with Crippen LogP contribution >= 0.6 is 0 Å². The predicted molar refractivity (Wildman–Crippen MR) is 80.1 cm³/mol. The van der Waals surface area contributed by atoms with Gasteiger partial charge < -0.3 is 0 Å². The summed E-state index contributed by atoms with van der Waals surface area (Å²) in [5.74, 6) is 0.0367. The maximum atomic E-state index is 11.9. The second kappa shape index (κ2) is 6.34. The molecule has 0 bridgehead atoms. The van der Waals surface area contributed by atoms with E-state index in [0.29, 0.717) is 0 Å². The van der Waals surface area contributed by atoms with Crippen LogP contribution in [0.1, 0.15) is 18.4 Å². The standard InChI is InChI=1S/C15H16N2O2S/c1-13(14-8-4-2-5-9-14)12-16-17-20(18,19)15-10-6-3-7-11-15/h2-13,17H,1H3/b16-12+. The van der Waals surface area contributed by atoms with E-state index in [9.17, 15) is 8.42 Å². The number of hydrazone groups is 1. The Hall–Kier alpha value is -2.14. The molecule has 0 saturated heterocycles. The van der Waals surface area contributed by atoms with Gasteiger partial charge in [0.05, 0.1) is 4.90 Å². The highest BCUT2D eigenvalue weighted by Gasteiger charge is 2.11. The molecule has 5 heteroatoms. The zero-order chi connectivity index (χ0) is 14.4. The lowest BCUT2D eigenvalue weighted by atomic mass is 10.0. The third kappa shape index (κ3) is 3.68. The molecule has 4 nitrogen and oxygen atoms in total. The van der Waals surface area contributed by atoms with Crippen molar-refractivity contribution in [2.75, 3.05) is 0 Å². The van der Waals surface area contributed by atoms with E-state index in [1.165, 1.54) is 12.1 Å². The number of benzene rings is 2. The van der Waals surface area contributed by atoms with Crippen LogP contribution in [-0.4, -0.2) is 14.6 Å². The minimum absolute atomic E-state index is 0.0367. The maximum absolute atomic E-state index is 11.9. The summed E-state index contributed by atoms with van der Waals surface area (Å²) < 4.78 is 23.9. The van der Waals surface area contributed by atoms with E-state index in [-0.39, 0.29) is 10.8 Å². The highest BCUT2D eigenvalue weighted by atomic mass is 32.2. The third-order valence-corrected chi connectivity index (χ3v) is 4.09. The average molecular weight is 288 g/mol. The highest BCUT2D eigenvalue weighted by molar-refractivity contribution is 7.89. The zero-order valence-corrected chi connectivity index (χ0v) is 11.9. The molecule has 0 aliphatic heterocycles. The van der Waals surface area contributed by atoms with Crippen LogP contribution in [0.2, 0.25) is 0 Å². The summed E-state index contributed by atoms with van der Waals surface area (Å²) in [6.07, 6.45) is 1.58. The monoisotopic (exact) mass is 288 g/mol. The summed E-state index contributed by atoms with van der Waals surface area (Å²) in [5, 5.41) is 3.83. The summed E-state index contributed by atoms with van der Waals surface area (Å²) in [6, 6.07) is 17.9. The van der Waals surface area contributed by atoms with Crippen LogP contribution < -0.4 is 4.83 Å². The predicted octanol–water partition coefficient (Wildman–Crippen LogP) is 2.75. The quantitative estimate of drug-likeness (QED) is 0.679. The van der Waals surface area contributed by atoms with Crippen LogP contribution in [0.15, 0.2) is 70.7 Å². The fourth-order valence-corrected chi connectivity index (χ4v) is 2.53. The van der Waals surface area contributed by atoms with E-state index in [1.807, 2.05) is 37.3 Å². The second-order valence-corrected chi connectivity index (χ2v) is 6.05. The molecule has 2 aromatic carbocycles. The van der Waals surface area contributed by atoms with Gasteiger partial charge in [0.15, 0.2) is 0 Å². The van der Waals surface area contributed by atoms with Gasteiger partial charge in [0, 0.05) is 12.1 Å². The van der Waals surface area contributed by atoms with Crippen molar-refractivity contribution in [1.29, 1.82) is 0 Å². The van der Waals surface area contributed by atoms with Gasteiger partial charge in [-0.1, -0.05) is 55.5 Å². The average Bonchev–Trinajstić information content (AvgIpc) is 2.49. The van der Waals surface area contributed by atoms with Crippen molar-refractivity contribution in [3.63, 3.8) is 0 Å². The van der Waals surface area contributed by atoms with Gasteiger partial charge in [-0.15, -0.1) is 0 Å². The number of hydrogen-bond acceptors (Lipinski definition) is 3.